The van der Waals surface area contributed by atoms with Gasteiger partial charge in [-0.05, 0) is 29.3 Å². The molecule has 0 amide bonds. The van der Waals surface area contributed by atoms with Gasteiger partial charge in [0, 0.05) is 17.7 Å². The van der Waals surface area contributed by atoms with Gasteiger partial charge in [-0.15, -0.1) is 0 Å². The Morgan fingerprint density at radius 2 is 1.92 bits per heavy atom. The molecule has 0 spiro atoms. The van der Waals surface area contributed by atoms with Crippen molar-refractivity contribution in [2.24, 2.45) is 0 Å². The summed E-state index contributed by atoms with van der Waals surface area (Å²) < 4.78 is 12.4. The zero-order valence-corrected chi connectivity index (χ0v) is 9.97. The molecule has 0 N–H and O–H groups in total. The average Bonchev–Trinajstić information content (AvgIpc) is 2.03. The fourth-order valence-corrected chi connectivity index (χ4v) is 1.50. The molecule has 1 aromatic heterocycles. The van der Waals surface area contributed by atoms with Crippen LogP contribution in [-0.2, 0) is 4.57 Å². The summed E-state index contributed by atoms with van der Waals surface area (Å²) in [6.45, 7) is 7.03. The molecule has 0 aromatic carbocycles. The van der Waals surface area contributed by atoms with Crippen LogP contribution in [0.1, 0.15) is 5.82 Å². The molecule has 0 aliphatic heterocycles. The fourth-order valence-electron chi connectivity index (χ4n) is 0.702. The Bertz CT molecular complexity index is 368. The van der Waals surface area contributed by atoms with Gasteiger partial charge < -0.3 is 4.57 Å². The van der Waals surface area contributed by atoms with Gasteiger partial charge in [-0.25, -0.2) is 9.97 Å². The highest BCUT2D eigenvalue weighted by molar-refractivity contribution is 9.10. The second-order valence-corrected chi connectivity index (χ2v) is 7.18. The summed E-state index contributed by atoms with van der Waals surface area (Å²) in [6, 6.07) is 0. The van der Waals surface area contributed by atoms with E-state index in [1.165, 1.54) is 0 Å². The number of hydrogen-bond acceptors (Lipinski definition) is 3. The van der Waals surface area contributed by atoms with Crippen LogP contribution in [0, 0.1) is 0 Å². The number of aromatic nitrogens is 2. The molecule has 0 unspecified atom stereocenters. The third-order valence-electron chi connectivity index (χ3n) is 1.53. The third-order valence-corrected chi connectivity index (χ3v) is 3.44. The number of hydrogen-bond donors (Lipinski definition) is 0. The smallest absolute Gasteiger partial charge is 0.162 e. The Balaban J connectivity index is 3.04. The minimum absolute atomic E-state index is 0.455. The molecule has 1 rings (SSSR count). The lowest BCUT2D eigenvalue weighted by molar-refractivity contribution is 0.588. The van der Waals surface area contributed by atoms with Crippen LogP contribution in [0.4, 0.5) is 0 Å². The lowest BCUT2D eigenvalue weighted by Crippen LogP contribution is -1.92. The molecule has 0 saturated carbocycles. The van der Waals surface area contributed by atoms with Crippen LogP contribution < -0.4 is 0 Å². The normalized spacial score (nSPS) is 11.3. The fraction of sp³-hybridized carbons (Fsp3) is 0.250. The minimum Gasteiger partial charge on any atom is -0.319 e. The molecule has 0 aliphatic carbocycles. The molecule has 0 saturated heterocycles. The Kier molecular flexibility index (Phi) is 3.04. The zero-order chi connectivity index (χ0) is 10.1. The van der Waals surface area contributed by atoms with Crippen molar-refractivity contribution in [1.29, 1.82) is 0 Å². The highest BCUT2D eigenvalue weighted by atomic mass is 79.9. The van der Waals surface area contributed by atoms with Gasteiger partial charge in [-0.3, -0.25) is 0 Å². The Morgan fingerprint density at radius 1 is 1.46 bits per heavy atom. The Hall–Kier alpha value is -0.470. The van der Waals surface area contributed by atoms with Crippen molar-refractivity contribution in [1.82, 2.24) is 9.97 Å². The molecule has 5 heteroatoms. The molecular formula is C8H10BrN2OP. The molecule has 0 atom stereocenters. The van der Waals surface area contributed by atoms with Gasteiger partial charge in [0.1, 0.15) is 7.14 Å². The maximum Gasteiger partial charge on any atom is 0.162 e. The van der Waals surface area contributed by atoms with Crippen molar-refractivity contribution in [2.45, 2.75) is 0 Å². The first-order valence-electron chi connectivity index (χ1n) is 3.63. The summed E-state index contributed by atoms with van der Waals surface area (Å²) >= 11 is 3.22. The molecule has 13 heavy (non-hydrogen) atoms. The van der Waals surface area contributed by atoms with Crippen molar-refractivity contribution >= 4 is 28.4 Å². The SMILES string of the molecule is C=C(c1ncc(Br)cn1)P(C)(C)=O. The van der Waals surface area contributed by atoms with E-state index >= 15 is 0 Å². The highest BCUT2D eigenvalue weighted by Crippen LogP contribution is 2.49. The first kappa shape index (κ1) is 10.6. The lowest BCUT2D eigenvalue weighted by atomic mass is 10.5. The van der Waals surface area contributed by atoms with Crippen molar-refractivity contribution in [3.63, 3.8) is 0 Å². The first-order valence-corrected chi connectivity index (χ1v) is 7.03. The number of halogens is 1. The van der Waals surface area contributed by atoms with Gasteiger partial charge in [-0.1, -0.05) is 6.58 Å². The second-order valence-electron chi connectivity index (χ2n) is 3.02. The summed E-state index contributed by atoms with van der Waals surface area (Å²) in [6.07, 6.45) is 3.23. The van der Waals surface area contributed by atoms with E-state index in [0.29, 0.717) is 11.1 Å². The second kappa shape index (κ2) is 3.72. The molecule has 0 bridgehead atoms. The van der Waals surface area contributed by atoms with Crippen molar-refractivity contribution in [3.8, 4) is 0 Å². The van der Waals surface area contributed by atoms with Gasteiger partial charge in [0.25, 0.3) is 0 Å². The van der Waals surface area contributed by atoms with E-state index in [1.807, 2.05) is 0 Å². The van der Waals surface area contributed by atoms with Crippen molar-refractivity contribution in [3.05, 3.63) is 29.3 Å². The van der Waals surface area contributed by atoms with Gasteiger partial charge in [0.2, 0.25) is 0 Å². The molecule has 0 fully saturated rings. The quantitative estimate of drug-likeness (QED) is 0.769. The zero-order valence-electron chi connectivity index (χ0n) is 7.49. The maximum absolute atomic E-state index is 11.6. The summed E-state index contributed by atoms with van der Waals surface area (Å²) in [5.41, 5.74) is 0. The Morgan fingerprint density at radius 3 is 2.31 bits per heavy atom. The monoisotopic (exact) mass is 260 g/mol. The van der Waals surface area contributed by atoms with Crippen LogP contribution >= 0.6 is 23.1 Å². The third kappa shape index (κ3) is 2.75. The largest absolute Gasteiger partial charge is 0.319 e. The topological polar surface area (TPSA) is 42.9 Å². The summed E-state index contributed by atoms with van der Waals surface area (Å²) in [5.74, 6) is 0.455. The van der Waals surface area contributed by atoms with Crippen LogP contribution in [-0.4, -0.2) is 23.3 Å². The van der Waals surface area contributed by atoms with Crippen molar-refractivity contribution < 1.29 is 4.57 Å². The predicted molar refractivity (Wildman–Crippen MR) is 58.2 cm³/mol. The number of rotatable bonds is 2. The van der Waals surface area contributed by atoms with Crippen molar-refractivity contribution in [2.75, 3.05) is 13.3 Å². The van der Waals surface area contributed by atoms with E-state index in [1.54, 1.807) is 25.7 Å². The summed E-state index contributed by atoms with van der Waals surface area (Å²) in [4.78, 5) is 8.03. The standard InChI is InChI=1S/C8H10BrN2OP/c1-6(13(2,3)12)8-10-4-7(9)5-11-8/h4-5H,1H2,2-3H3. The van der Waals surface area contributed by atoms with Gasteiger partial charge >= 0.3 is 0 Å². The van der Waals surface area contributed by atoms with E-state index in [-0.39, 0.29) is 0 Å². The summed E-state index contributed by atoms with van der Waals surface area (Å²) in [5, 5.41) is 0.514. The maximum atomic E-state index is 11.6. The van der Waals surface area contributed by atoms with E-state index < -0.39 is 7.14 Å². The van der Waals surface area contributed by atoms with Gasteiger partial charge in [0.05, 0.1) is 4.47 Å². The lowest BCUT2D eigenvalue weighted by Gasteiger charge is -2.08. The van der Waals surface area contributed by atoms with E-state index in [4.69, 9.17) is 0 Å². The molecule has 0 aliphatic rings. The molecule has 3 nitrogen and oxygen atoms in total. The van der Waals surface area contributed by atoms with Gasteiger partial charge in [-0.2, -0.15) is 0 Å². The van der Waals surface area contributed by atoms with Crippen LogP contribution in [0.5, 0.6) is 0 Å². The molecule has 1 heterocycles. The van der Waals surface area contributed by atoms with Crippen LogP contribution in [0.3, 0.4) is 0 Å². The minimum atomic E-state index is -2.33. The number of nitrogens with zero attached hydrogens (tertiary/aromatic N) is 2. The van der Waals surface area contributed by atoms with Crippen LogP contribution in [0.15, 0.2) is 23.4 Å². The van der Waals surface area contributed by atoms with E-state index in [9.17, 15) is 4.57 Å². The first-order chi connectivity index (χ1) is 5.91. The predicted octanol–water partition coefficient (Wildman–Crippen LogP) is 2.83. The van der Waals surface area contributed by atoms with Crippen LogP contribution in [0.25, 0.3) is 5.31 Å². The van der Waals surface area contributed by atoms with Crippen LogP contribution in [0.2, 0.25) is 0 Å². The summed E-state index contributed by atoms with van der Waals surface area (Å²) in [7, 11) is -2.33. The highest BCUT2D eigenvalue weighted by Gasteiger charge is 2.16. The molecule has 1 aromatic rings. The van der Waals surface area contributed by atoms with E-state index in [2.05, 4.69) is 32.5 Å². The molecule has 70 valence electrons. The molecular weight excluding hydrogens is 251 g/mol. The van der Waals surface area contributed by atoms with E-state index in [0.717, 1.165) is 4.47 Å². The Labute approximate surface area is 85.8 Å². The average molecular weight is 261 g/mol. The van der Waals surface area contributed by atoms with Gasteiger partial charge in [0.15, 0.2) is 5.82 Å². The molecule has 0 radical (unpaired) electrons.